The van der Waals surface area contributed by atoms with Crippen molar-refractivity contribution < 1.29 is 4.79 Å². The highest BCUT2D eigenvalue weighted by atomic mass is 32.1. The largest absolute Gasteiger partial charge is 0.372 e. The lowest BCUT2D eigenvalue weighted by molar-refractivity contribution is 0.0785. The van der Waals surface area contributed by atoms with Crippen molar-refractivity contribution in [3.63, 3.8) is 0 Å². The minimum absolute atomic E-state index is 0.0726. The van der Waals surface area contributed by atoms with E-state index in [4.69, 9.17) is 4.98 Å². The van der Waals surface area contributed by atoms with Crippen LogP contribution in [-0.4, -0.2) is 35.9 Å². The molecule has 1 aliphatic carbocycles. The Balaban J connectivity index is 1.40. The van der Waals surface area contributed by atoms with Crippen LogP contribution in [0.15, 0.2) is 24.3 Å². The second-order valence-electron chi connectivity index (χ2n) is 7.44. The summed E-state index contributed by atoms with van der Waals surface area (Å²) in [7, 11) is 1.88. The SMILES string of the molecule is CN(Cc1nc2c(s1)CCCC2)C(=O)c1ccc(N2CCCCC2)cc1. The number of nitrogens with zero attached hydrogens (tertiary/aromatic N) is 3. The third-order valence-electron chi connectivity index (χ3n) is 5.44. The molecule has 0 bridgehead atoms. The van der Waals surface area contributed by atoms with E-state index in [-0.39, 0.29) is 5.91 Å². The molecule has 0 atom stereocenters. The lowest BCUT2D eigenvalue weighted by Crippen LogP contribution is -2.29. The van der Waals surface area contributed by atoms with E-state index in [0.717, 1.165) is 36.5 Å². The highest BCUT2D eigenvalue weighted by Gasteiger charge is 2.19. The second-order valence-corrected chi connectivity index (χ2v) is 8.61. The number of anilines is 1. The van der Waals surface area contributed by atoms with Crippen molar-refractivity contribution in [2.75, 3.05) is 25.0 Å². The van der Waals surface area contributed by atoms with Crippen molar-refractivity contribution in [2.45, 2.75) is 51.5 Å². The van der Waals surface area contributed by atoms with Crippen LogP contribution in [0.3, 0.4) is 0 Å². The molecular weight excluding hydrogens is 342 g/mol. The number of aromatic nitrogens is 1. The van der Waals surface area contributed by atoms with Gasteiger partial charge in [0.05, 0.1) is 12.2 Å². The molecule has 2 heterocycles. The standard InChI is InChI=1S/C21H27N3OS/c1-23(15-20-22-18-7-3-4-8-19(18)26-20)21(25)16-9-11-17(12-10-16)24-13-5-2-6-14-24/h9-12H,2-8,13-15H2,1H3. The van der Waals surface area contributed by atoms with Crippen LogP contribution < -0.4 is 4.90 Å². The average molecular weight is 370 g/mol. The van der Waals surface area contributed by atoms with Crippen LogP contribution in [0.2, 0.25) is 0 Å². The van der Waals surface area contributed by atoms with Crippen molar-refractivity contribution in [1.82, 2.24) is 9.88 Å². The van der Waals surface area contributed by atoms with Crippen LogP contribution in [0.1, 0.15) is 58.0 Å². The van der Waals surface area contributed by atoms with Gasteiger partial charge in [-0.1, -0.05) is 0 Å². The van der Waals surface area contributed by atoms with E-state index in [0.29, 0.717) is 6.54 Å². The van der Waals surface area contributed by atoms with E-state index in [1.807, 2.05) is 19.2 Å². The summed E-state index contributed by atoms with van der Waals surface area (Å²) in [6.45, 7) is 2.86. The van der Waals surface area contributed by atoms with Crippen molar-refractivity contribution in [1.29, 1.82) is 0 Å². The first-order chi connectivity index (χ1) is 12.7. The normalized spacial score (nSPS) is 17.0. The zero-order valence-corrected chi connectivity index (χ0v) is 16.4. The van der Waals surface area contributed by atoms with Crippen molar-refractivity contribution in [2.24, 2.45) is 0 Å². The Labute approximate surface area is 159 Å². The molecule has 1 amide bonds. The predicted octanol–water partition coefficient (Wildman–Crippen LogP) is 4.28. The number of hydrogen-bond acceptors (Lipinski definition) is 4. The van der Waals surface area contributed by atoms with Gasteiger partial charge in [-0.15, -0.1) is 11.3 Å². The smallest absolute Gasteiger partial charge is 0.253 e. The Morgan fingerprint density at radius 2 is 1.81 bits per heavy atom. The number of fused-ring (bicyclic) bond motifs is 1. The van der Waals surface area contributed by atoms with Gasteiger partial charge in [-0.25, -0.2) is 4.98 Å². The number of carbonyl (C=O) groups is 1. The van der Waals surface area contributed by atoms with Gasteiger partial charge in [0.1, 0.15) is 5.01 Å². The summed E-state index contributed by atoms with van der Waals surface area (Å²) < 4.78 is 0. The maximum Gasteiger partial charge on any atom is 0.253 e. The van der Waals surface area contributed by atoms with E-state index in [1.165, 1.54) is 48.4 Å². The fourth-order valence-corrected chi connectivity index (χ4v) is 5.15. The Morgan fingerprint density at radius 3 is 2.54 bits per heavy atom. The molecule has 2 aromatic rings. The maximum atomic E-state index is 12.8. The number of hydrogen-bond donors (Lipinski definition) is 0. The first kappa shape index (κ1) is 17.5. The van der Waals surface area contributed by atoms with E-state index >= 15 is 0 Å². The number of amides is 1. The zero-order chi connectivity index (χ0) is 17.9. The molecule has 1 aliphatic heterocycles. The minimum Gasteiger partial charge on any atom is -0.372 e. The summed E-state index contributed by atoms with van der Waals surface area (Å²) >= 11 is 1.79. The molecule has 4 nitrogen and oxygen atoms in total. The molecule has 5 heteroatoms. The van der Waals surface area contributed by atoms with E-state index < -0.39 is 0 Å². The topological polar surface area (TPSA) is 36.4 Å². The fraction of sp³-hybridized carbons (Fsp3) is 0.524. The summed E-state index contributed by atoms with van der Waals surface area (Å²) in [6.07, 6.45) is 8.63. The molecule has 1 fully saturated rings. The molecule has 1 aromatic heterocycles. The summed E-state index contributed by atoms with van der Waals surface area (Å²) in [5, 5.41) is 1.07. The number of carbonyl (C=O) groups excluding carboxylic acids is 1. The third-order valence-corrected chi connectivity index (χ3v) is 6.59. The van der Waals surface area contributed by atoms with E-state index in [9.17, 15) is 4.79 Å². The summed E-state index contributed by atoms with van der Waals surface area (Å²) in [4.78, 5) is 23.2. The molecule has 0 unspecified atom stereocenters. The van der Waals surface area contributed by atoms with Gasteiger partial charge in [-0.05, 0) is 69.2 Å². The highest BCUT2D eigenvalue weighted by Crippen LogP contribution is 2.27. The van der Waals surface area contributed by atoms with Gasteiger partial charge in [0.15, 0.2) is 0 Å². The van der Waals surface area contributed by atoms with Crippen LogP contribution in [0.5, 0.6) is 0 Å². The number of piperidine rings is 1. The Bertz CT molecular complexity index is 739. The molecule has 138 valence electrons. The summed E-state index contributed by atoms with van der Waals surface area (Å²) in [6, 6.07) is 8.12. The van der Waals surface area contributed by atoms with Crippen LogP contribution in [0.4, 0.5) is 5.69 Å². The molecule has 0 N–H and O–H groups in total. The molecule has 0 spiro atoms. The molecule has 1 saturated heterocycles. The van der Waals surface area contributed by atoms with Crippen molar-refractivity contribution >= 4 is 22.9 Å². The van der Waals surface area contributed by atoms with Gasteiger partial charge in [-0.2, -0.15) is 0 Å². The minimum atomic E-state index is 0.0726. The molecule has 1 aromatic carbocycles. The third kappa shape index (κ3) is 3.78. The molecule has 0 radical (unpaired) electrons. The van der Waals surface area contributed by atoms with Gasteiger partial charge in [-0.3, -0.25) is 4.79 Å². The number of benzene rings is 1. The van der Waals surface area contributed by atoms with Gasteiger partial charge >= 0.3 is 0 Å². The molecule has 0 saturated carbocycles. The second kappa shape index (κ2) is 7.78. The van der Waals surface area contributed by atoms with Crippen molar-refractivity contribution in [3.05, 3.63) is 45.4 Å². The predicted molar refractivity (Wildman–Crippen MR) is 107 cm³/mol. The van der Waals surface area contributed by atoms with Crippen LogP contribution >= 0.6 is 11.3 Å². The van der Waals surface area contributed by atoms with E-state index in [2.05, 4.69) is 17.0 Å². The number of aryl methyl sites for hydroxylation is 2. The van der Waals surface area contributed by atoms with Crippen LogP contribution in [0, 0.1) is 0 Å². The Morgan fingerprint density at radius 1 is 1.08 bits per heavy atom. The Kier molecular flexibility index (Phi) is 5.25. The van der Waals surface area contributed by atoms with Gasteiger partial charge in [0.2, 0.25) is 0 Å². The number of rotatable bonds is 4. The van der Waals surface area contributed by atoms with E-state index in [1.54, 1.807) is 16.2 Å². The zero-order valence-electron chi connectivity index (χ0n) is 15.5. The van der Waals surface area contributed by atoms with Crippen molar-refractivity contribution in [3.8, 4) is 0 Å². The van der Waals surface area contributed by atoms with Gasteiger partial charge in [0, 0.05) is 36.3 Å². The highest BCUT2D eigenvalue weighted by molar-refractivity contribution is 7.11. The fourth-order valence-electron chi connectivity index (χ4n) is 3.94. The number of thiazole rings is 1. The van der Waals surface area contributed by atoms with Crippen LogP contribution in [0.25, 0.3) is 0 Å². The van der Waals surface area contributed by atoms with Crippen LogP contribution in [-0.2, 0) is 19.4 Å². The molecule has 26 heavy (non-hydrogen) atoms. The lowest BCUT2D eigenvalue weighted by atomic mass is 10.0. The molecule has 4 rings (SSSR count). The van der Waals surface area contributed by atoms with Gasteiger partial charge in [0.25, 0.3) is 5.91 Å². The molecule has 2 aliphatic rings. The monoisotopic (exact) mass is 369 g/mol. The summed E-state index contributed by atoms with van der Waals surface area (Å²) in [5.41, 5.74) is 3.26. The first-order valence-corrected chi connectivity index (χ1v) is 10.6. The first-order valence-electron chi connectivity index (χ1n) is 9.78. The average Bonchev–Trinajstić information content (AvgIpc) is 3.10. The Hall–Kier alpha value is -1.88. The van der Waals surface area contributed by atoms with Gasteiger partial charge < -0.3 is 9.80 Å². The summed E-state index contributed by atoms with van der Waals surface area (Å²) in [5.74, 6) is 0.0726. The maximum absolute atomic E-state index is 12.8. The lowest BCUT2D eigenvalue weighted by Gasteiger charge is -2.29. The molecular formula is C21H27N3OS. The quantitative estimate of drug-likeness (QED) is 0.807.